The zero-order chi connectivity index (χ0) is 14.3. The molecule has 0 aliphatic rings. The molecule has 0 saturated heterocycles. The van der Waals surface area contributed by atoms with E-state index in [0.717, 1.165) is 11.8 Å². The molecule has 0 fully saturated rings. The maximum Gasteiger partial charge on any atom is 0.264 e. The summed E-state index contributed by atoms with van der Waals surface area (Å²) in [5.74, 6) is -0.164. The molecule has 0 saturated carbocycles. The molecule has 0 aliphatic heterocycles. The van der Waals surface area contributed by atoms with Gasteiger partial charge in [-0.15, -0.1) is 0 Å². The highest BCUT2D eigenvalue weighted by Crippen LogP contribution is 2.13. The molecular formula is C13H17NO4S. The van der Waals surface area contributed by atoms with Crippen LogP contribution in [-0.4, -0.2) is 27.2 Å². The summed E-state index contributed by atoms with van der Waals surface area (Å²) >= 11 is 0. The monoisotopic (exact) mass is 283 g/mol. The SMILES string of the molecule is CC(=O)NC(/C=C/COS(C)(=O)=O)c1ccccc1. The molecule has 0 bridgehead atoms. The van der Waals surface area contributed by atoms with E-state index in [-0.39, 0.29) is 18.6 Å². The van der Waals surface area contributed by atoms with E-state index < -0.39 is 10.1 Å². The predicted octanol–water partition coefficient (Wildman–Crippen LogP) is 1.40. The van der Waals surface area contributed by atoms with Gasteiger partial charge in [-0.2, -0.15) is 8.42 Å². The maximum absolute atomic E-state index is 11.1. The molecule has 5 nitrogen and oxygen atoms in total. The minimum Gasteiger partial charge on any atom is -0.346 e. The fraction of sp³-hybridized carbons (Fsp3) is 0.308. The van der Waals surface area contributed by atoms with E-state index in [1.54, 1.807) is 12.2 Å². The summed E-state index contributed by atoms with van der Waals surface area (Å²) in [5.41, 5.74) is 0.910. The van der Waals surface area contributed by atoms with Gasteiger partial charge in [-0.25, -0.2) is 0 Å². The van der Waals surface area contributed by atoms with Crippen LogP contribution in [0, 0.1) is 0 Å². The first-order chi connectivity index (χ1) is 8.88. The van der Waals surface area contributed by atoms with Crippen molar-refractivity contribution in [1.29, 1.82) is 0 Å². The number of hydrogen-bond acceptors (Lipinski definition) is 4. The zero-order valence-corrected chi connectivity index (χ0v) is 11.7. The lowest BCUT2D eigenvalue weighted by Crippen LogP contribution is -2.24. The van der Waals surface area contributed by atoms with Gasteiger partial charge in [0.25, 0.3) is 10.1 Å². The third-order valence-electron chi connectivity index (χ3n) is 2.22. The van der Waals surface area contributed by atoms with Gasteiger partial charge in [0, 0.05) is 6.92 Å². The minimum absolute atomic E-state index is 0.0538. The Balaban J connectivity index is 2.71. The second-order valence-corrected chi connectivity index (χ2v) is 5.65. The van der Waals surface area contributed by atoms with E-state index in [1.165, 1.54) is 6.92 Å². The second kappa shape index (κ2) is 7.06. The number of hydrogen-bond donors (Lipinski definition) is 1. The van der Waals surface area contributed by atoms with Crippen LogP contribution in [0.2, 0.25) is 0 Å². The van der Waals surface area contributed by atoms with E-state index in [0.29, 0.717) is 0 Å². The molecule has 0 aromatic heterocycles. The molecule has 1 unspecified atom stereocenters. The highest BCUT2D eigenvalue weighted by molar-refractivity contribution is 7.85. The van der Waals surface area contributed by atoms with Gasteiger partial charge in [0.2, 0.25) is 5.91 Å². The molecule has 1 aromatic rings. The summed E-state index contributed by atoms with van der Waals surface area (Å²) in [7, 11) is -3.45. The van der Waals surface area contributed by atoms with Crippen LogP contribution in [0.3, 0.4) is 0 Å². The van der Waals surface area contributed by atoms with Crippen LogP contribution in [0.1, 0.15) is 18.5 Å². The van der Waals surface area contributed by atoms with Crippen molar-refractivity contribution in [2.24, 2.45) is 0 Å². The second-order valence-electron chi connectivity index (χ2n) is 4.01. The van der Waals surface area contributed by atoms with Crippen molar-refractivity contribution in [2.45, 2.75) is 13.0 Å². The topological polar surface area (TPSA) is 72.5 Å². The highest BCUT2D eigenvalue weighted by Gasteiger charge is 2.08. The molecule has 1 aromatic carbocycles. The van der Waals surface area contributed by atoms with Crippen LogP contribution in [0.5, 0.6) is 0 Å². The summed E-state index contributed by atoms with van der Waals surface area (Å²) in [6.07, 6.45) is 4.25. The fourth-order valence-corrected chi connectivity index (χ4v) is 1.80. The summed E-state index contributed by atoms with van der Waals surface area (Å²) in [6.45, 7) is 1.37. The smallest absolute Gasteiger partial charge is 0.264 e. The third kappa shape index (κ3) is 6.73. The molecule has 19 heavy (non-hydrogen) atoms. The first-order valence-electron chi connectivity index (χ1n) is 5.71. The zero-order valence-electron chi connectivity index (χ0n) is 10.9. The molecule has 0 heterocycles. The normalized spacial score (nSPS) is 13.4. The number of carbonyl (C=O) groups excluding carboxylic acids is 1. The van der Waals surface area contributed by atoms with Crippen LogP contribution < -0.4 is 5.32 Å². The van der Waals surface area contributed by atoms with Crippen molar-refractivity contribution in [3.63, 3.8) is 0 Å². The standard InChI is InChI=1S/C13H17NO4S/c1-11(15)14-13(12-7-4-3-5-8-12)9-6-10-18-19(2,16)17/h3-9,13H,10H2,1-2H3,(H,14,15)/b9-6+. The van der Waals surface area contributed by atoms with Crippen LogP contribution in [-0.2, 0) is 19.1 Å². The van der Waals surface area contributed by atoms with Gasteiger partial charge in [0.05, 0.1) is 18.9 Å². The van der Waals surface area contributed by atoms with E-state index in [4.69, 9.17) is 0 Å². The average Bonchev–Trinajstić information content (AvgIpc) is 2.32. The number of benzene rings is 1. The van der Waals surface area contributed by atoms with E-state index in [9.17, 15) is 13.2 Å². The lowest BCUT2D eigenvalue weighted by atomic mass is 10.1. The van der Waals surface area contributed by atoms with Crippen LogP contribution >= 0.6 is 0 Å². The molecule has 0 spiro atoms. The highest BCUT2D eigenvalue weighted by atomic mass is 32.2. The van der Waals surface area contributed by atoms with Crippen LogP contribution in [0.4, 0.5) is 0 Å². The van der Waals surface area contributed by atoms with Crippen molar-refractivity contribution in [1.82, 2.24) is 5.32 Å². The Labute approximate surface area is 113 Å². The van der Waals surface area contributed by atoms with Crippen molar-refractivity contribution in [3.05, 3.63) is 48.0 Å². The van der Waals surface area contributed by atoms with Crippen LogP contribution in [0.15, 0.2) is 42.5 Å². The minimum atomic E-state index is -3.45. The maximum atomic E-state index is 11.1. The van der Waals surface area contributed by atoms with Gasteiger partial charge in [0.1, 0.15) is 0 Å². The predicted molar refractivity (Wildman–Crippen MR) is 72.9 cm³/mol. The Morgan fingerprint density at radius 1 is 1.37 bits per heavy atom. The Bertz CT molecular complexity index is 537. The number of nitrogens with one attached hydrogen (secondary N) is 1. The number of carbonyl (C=O) groups is 1. The summed E-state index contributed by atoms with van der Waals surface area (Å²) < 4.78 is 26.2. The van der Waals surface area contributed by atoms with Gasteiger partial charge in [-0.05, 0) is 5.56 Å². The average molecular weight is 283 g/mol. The molecule has 1 rings (SSSR count). The summed E-state index contributed by atoms with van der Waals surface area (Å²) in [5, 5.41) is 2.76. The van der Waals surface area contributed by atoms with Gasteiger partial charge in [-0.1, -0.05) is 42.5 Å². The van der Waals surface area contributed by atoms with E-state index in [1.807, 2.05) is 30.3 Å². The quantitative estimate of drug-likeness (QED) is 0.632. The van der Waals surface area contributed by atoms with Crippen molar-refractivity contribution in [3.8, 4) is 0 Å². The first-order valence-corrected chi connectivity index (χ1v) is 7.53. The van der Waals surface area contributed by atoms with Gasteiger partial charge in [-0.3, -0.25) is 8.98 Å². The molecular weight excluding hydrogens is 266 g/mol. The molecule has 0 aliphatic carbocycles. The summed E-state index contributed by atoms with van der Waals surface area (Å²) in [4.78, 5) is 11.1. The Kier molecular flexibility index (Phi) is 5.72. The van der Waals surface area contributed by atoms with Gasteiger partial charge in [0.15, 0.2) is 0 Å². The number of amides is 1. The number of rotatable bonds is 6. The molecule has 1 atom stereocenters. The molecule has 104 valence electrons. The van der Waals surface area contributed by atoms with Gasteiger partial charge >= 0.3 is 0 Å². The molecule has 6 heteroatoms. The van der Waals surface area contributed by atoms with Crippen molar-refractivity contribution < 1.29 is 17.4 Å². The molecule has 0 radical (unpaired) electrons. The molecule has 1 amide bonds. The first kappa shape index (κ1) is 15.4. The Hall–Kier alpha value is -1.66. The Morgan fingerprint density at radius 2 is 2.00 bits per heavy atom. The molecule has 1 N–H and O–H groups in total. The van der Waals surface area contributed by atoms with E-state index in [2.05, 4.69) is 9.50 Å². The van der Waals surface area contributed by atoms with Crippen molar-refractivity contribution in [2.75, 3.05) is 12.9 Å². The van der Waals surface area contributed by atoms with Crippen molar-refractivity contribution >= 4 is 16.0 Å². The lowest BCUT2D eigenvalue weighted by Gasteiger charge is -2.14. The summed E-state index contributed by atoms with van der Waals surface area (Å²) in [6, 6.07) is 9.06. The lowest BCUT2D eigenvalue weighted by molar-refractivity contribution is -0.119. The third-order valence-corrected chi connectivity index (χ3v) is 2.79. The fourth-order valence-electron chi connectivity index (χ4n) is 1.48. The van der Waals surface area contributed by atoms with Crippen LogP contribution in [0.25, 0.3) is 0 Å². The Morgan fingerprint density at radius 3 is 2.53 bits per heavy atom. The largest absolute Gasteiger partial charge is 0.346 e. The van der Waals surface area contributed by atoms with E-state index >= 15 is 0 Å². The van der Waals surface area contributed by atoms with Gasteiger partial charge < -0.3 is 5.32 Å².